The molecule has 7 aromatic carbocycles. The molecule has 0 bridgehead atoms. The first-order chi connectivity index (χ1) is 31.7. The fourth-order valence-electron chi connectivity index (χ4n) is 9.22. The van der Waals surface area contributed by atoms with Gasteiger partial charge in [0, 0.05) is 49.4 Å². The number of benzene rings is 7. The van der Waals surface area contributed by atoms with E-state index in [1.165, 1.54) is 0 Å². The molecule has 0 spiro atoms. The van der Waals surface area contributed by atoms with Gasteiger partial charge in [-0.25, -0.2) is 15.0 Å². The standard InChI is InChI=1S/C58H36N6/c59-36-38-14-11-19-41(32-38)48-35-58(64-54-27-10-8-21-45(54)47-31-29-43(34-56(47)64)52-25-13-23-50(62-52)40-17-5-2-6-18-40)60-37-57(48)63-53-26-9-7-20-44(53)46-30-28-42(33-55(46)63)51-24-12-22-49(61-51)39-15-3-1-4-16-39/h1-35,37H. The Labute approximate surface area is 369 Å². The Kier molecular flexibility index (Phi) is 8.77. The minimum absolute atomic E-state index is 0.586. The summed E-state index contributed by atoms with van der Waals surface area (Å²) < 4.78 is 4.57. The second-order valence-electron chi connectivity index (χ2n) is 16.0. The molecule has 5 heterocycles. The third kappa shape index (κ3) is 6.22. The van der Waals surface area contributed by atoms with E-state index in [9.17, 15) is 5.26 Å². The number of nitrogens with zero attached hydrogens (tertiary/aromatic N) is 6. The number of hydrogen-bond acceptors (Lipinski definition) is 4. The first-order valence-corrected chi connectivity index (χ1v) is 21.3. The van der Waals surface area contributed by atoms with Gasteiger partial charge in [-0.05, 0) is 72.3 Å². The summed E-state index contributed by atoms with van der Waals surface area (Å²) in [5.74, 6) is 0.763. The van der Waals surface area contributed by atoms with Crippen molar-refractivity contribution in [1.29, 1.82) is 5.26 Å². The van der Waals surface area contributed by atoms with Crippen LogP contribution < -0.4 is 0 Å². The lowest BCUT2D eigenvalue weighted by Crippen LogP contribution is -2.03. The molecule has 12 rings (SSSR count). The van der Waals surface area contributed by atoms with Crippen molar-refractivity contribution >= 4 is 43.6 Å². The largest absolute Gasteiger partial charge is 0.307 e. The van der Waals surface area contributed by atoms with Crippen molar-refractivity contribution in [2.45, 2.75) is 0 Å². The third-order valence-electron chi connectivity index (χ3n) is 12.2. The number of hydrogen-bond donors (Lipinski definition) is 0. The molecule has 0 aliphatic rings. The lowest BCUT2D eigenvalue weighted by Gasteiger charge is -2.17. The highest BCUT2D eigenvalue weighted by Crippen LogP contribution is 2.40. The van der Waals surface area contributed by atoms with Crippen molar-refractivity contribution in [2.24, 2.45) is 0 Å². The van der Waals surface area contributed by atoms with Gasteiger partial charge in [0.15, 0.2) is 0 Å². The Morgan fingerprint density at radius 1 is 0.359 bits per heavy atom. The molecule has 6 heteroatoms. The highest BCUT2D eigenvalue weighted by molar-refractivity contribution is 6.12. The summed E-state index contributed by atoms with van der Waals surface area (Å²) in [5, 5.41) is 14.7. The van der Waals surface area contributed by atoms with E-state index in [-0.39, 0.29) is 0 Å². The molecule has 0 atom stereocenters. The van der Waals surface area contributed by atoms with Gasteiger partial charge >= 0.3 is 0 Å². The first-order valence-electron chi connectivity index (χ1n) is 21.3. The summed E-state index contributed by atoms with van der Waals surface area (Å²) in [6.45, 7) is 0. The number of nitriles is 1. The normalized spacial score (nSPS) is 11.4. The monoisotopic (exact) mass is 816 g/mol. The van der Waals surface area contributed by atoms with Crippen LogP contribution in [0, 0.1) is 11.3 Å². The Hall–Kier alpha value is -8.92. The average Bonchev–Trinajstić information content (AvgIpc) is 3.89. The molecular weight excluding hydrogens is 781 g/mol. The SMILES string of the molecule is N#Cc1cccc(-c2cc(-n3c4ccccc4c4ccc(-c5cccc(-c6ccccc6)n5)cc43)ncc2-n2c3ccccc3c3ccc(-c4cccc(-c5ccccc5)n4)cc32)c1. The molecule has 0 unspecified atom stereocenters. The second-order valence-corrected chi connectivity index (χ2v) is 16.0. The van der Waals surface area contributed by atoms with E-state index in [1.54, 1.807) is 0 Å². The quantitative estimate of drug-likeness (QED) is 0.161. The van der Waals surface area contributed by atoms with Crippen LogP contribution in [0.3, 0.4) is 0 Å². The molecule has 0 amide bonds. The summed E-state index contributed by atoms with van der Waals surface area (Å²) in [6, 6.07) is 75.6. The Morgan fingerprint density at radius 2 is 0.828 bits per heavy atom. The Bertz CT molecular complexity index is 3800. The van der Waals surface area contributed by atoms with Crippen LogP contribution in [0.25, 0.3) is 111 Å². The van der Waals surface area contributed by atoms with Crippen molar-refractivity contribution < 1.29 is 0 Å². The number of aromatic nitrogens is 5. The summed E-state index contributed by atoms with van der Waals surface area (Å²) in [5.41, 5.74) is 15.3. The number of fused-ring (bicyclic) bond motifs is 6. The van der Waals surface area contributed by atoms with Gasteiger partial charge in [-0.3, -0.25) is 4.57 Å². The summed E-state index contributed by atoms with van der Waals surface area (Å²) >= 11 is 0. The van der Waals surface area contributed by atoms with Gasteiger partial charge in [-0.15, -0.1) is 0 Å². The molecule has 0 fully saturated rings. The first kappa shape index (κ1) is 36.9. The van der Waals surface area contributed by atoms with Crippen LogP contribution in [0.4, 0.5) is 0 Å². The van der Waals surface area contributed by atoms with Crippen LogP contribution in [-0.4, -0.2) is 24.1 Å². The molecule has 298 valence electrons. The maximum Gasteiger partial charge on any atom is 0.138 e. The van der Waals surface area contributed by atoms with E-state index in [2.05, 4.69) is 173 Å². The van der Waals surface area contributed by atoms with Gasteiger partial charge in [-0.1, -0.05) is 146 Å². The van der Waals surface area contributed by atoms with E-state index >= 15 is 0 Å². The molecule has 6 nitrogen and oxygen atoms in total. The number of pyridine rings is 3. The number of rotatable bonds is 7. The van der Waals surface area contributed by atoms with Gasteiger partial charge in [0.1, 0.15) is 5.82 Å². The predicted octanol–water partition coefficient (Wildman–Crippen LogP) is 14.3. The van der Waals surface area contributed by atoms with Crippen LogP contribution >= 0.6 is 0 Å². The summed E-state index contributed by atoms with van der Waals surface area (Å²) in [6.07, 6.45) is 1.99. The maximum atomic E-state index is 10.1. The molecule has 0 aliphatic carbocycles. The summed E-state index contributed by atoms with van der Waals surface area (Å²) in [4.78, 5) is 15.6. The van der Waals surface area contributed by atoms with Crippen molar-refractivity contribution in [1.82, 2.24) is 24.1 Å². The fourth-order valence-corrected chi connectivity index (χ4v) is 9.22. The molecule has 0 radical (unpaired) electrons. The van der Waals surface area contributed by atoms with E-state index in [4.69, 9.17) is 15.0 Å². The van der Waals surface area contributed by atoms with Gasteiger partial charge in [0.25, 0.3) is 0 Å². The van der Waals surface area contributed by atoms with Crippen molar-refractivity contribution in [3.05, 3.63) is 224 Å². The minimum atomic E-state index is 0.586. The Morgan fingerprint density at radius 3 is 1.41 bits per heavy atom. The molecule has 64 heavy (non-hydrogen) atoms. The molecule has 0 aliphatic heterocycles. The predicted molar refractivity (Wildman–Crippen MR) is 260 cm³/mol. The van der Waals surface area contributed by atoms with Crippen LogP contribution in [0.15, 0.2) is 219 Å². The van der Waals surface area contributed by atoms with Crippen molar-refractivity contribution in [3.8, 4) is 73.7 Å². The molecule has 0 N–H and O–H groups in total. The van der Waals surface area contributed by atoms with Gasteiger partial charge in [0.05, 0.1) is 68.4 Å². The van der Waals surface area contributed by atoms with Crippen molar-refractivity contribution in [2.75, 3.05) is 0 Å². The van der Waals surface area contributed by atoms with Crippen molar-refractivity contribution in [3.63, 3.8) is 0 Å². The Balaban J connectivity index is 1.08. The van der Waals surface area contributed by atoms with Crippen LogP contribution in [0.5, 0.6) is 0 Å². The zero-order valence-electron chi connectivity index (χ0n) is 34.5. The van der Waals surface area contributed by atoms with E-state index in [0.29, 0.717) is 5.56 Å². The molecule has 0 saturated heterocycles. The fraction of sp³-hybridized carbons (Fsp3) is 0. The summed E-state index contributed by atoms with van der Waals surface area (Å²) in [7, 11) is 0. The van der Waals surface area contributed by atoms with E-state index < -0.39 is 0 Å². The zero-order chi connectivity index (χ0) is 42.6. The molecule has 0 saturated carbocycles. The lowest BCUT2D eigenvalue weighted by molar-refractivity contribution is 1.06. The van der Waals surface area contributed by atoms with Gasteiger partial charge in [0.2, 0.25) is 0 Å². The zero-order valence-corrected chi connectivity index (χ0v) is 34.5. The highest BCUT2D eigenvalue weighted by Gasteiger charge is 2.21. The van der Waals surface area contributed by atoms with Crippen LogP contribution in [0.1, 0.15) is 5.56 Å². The average molecular weight is 817 g/mol. The van der Waals surface area contributed by atoms with Crippen LogP contribution in [-0.2, 0) is 0 Å². The third-order valence-corrected chi connectivity index (χ3v) is 12.2. The smallest absolute Gasteiger partial charge is 0.138 e. The topological polar surface area (TPSA) is 72.3 Å². The van der Waals surface area contributed by atoms with E-state index in [0.717, 1.165) is 111 Å². The van der Waals surface area contributed by atoms with Crippen LogP contribution in [0.2, 0.25) is 0 Å². The molecule has 12 aromatic rings. The maximum absolute atomic E-state index is 10.1. The minimum Gasteiger partial charge on any atom is -0.307 e. The molecular formula is C58H36N6. The van der Waals surface area contributed by atoms with E-state index in [1.807, 2.05) is 60.8 Å². The lowest BCUT2D eigenvalue weighted by atomic mass is 10.0. The second kappa shape index (κ2) is 15.2. The number of para-hydroxylation sites is 2. The van der Waals surface area contributed by atoms with Gasteiger partial charge < -0.3 is 4.57 Å². The molecule has 5 aromatic heterocycles. The van der Waals surface area contributed by atoms with Gasteiger partial charge in [-0.2, -0.15) is 5.26 Å². The highest BCUT2D eigenvalue weighted by atomic mass is 15.1.